The van der Waals surface area contributed by atoms with Crippen LogP contribution in [0.4, 0.5) is 4.79 Å². The first-order valence-corrected chi connectivity index (χ1v) is 7.71. The van der Waals surface area contributed by atoms with Gasteiger partial charge in [0, 0.05) is 12.1 Å². The van der Waals surface area contributed by atoms with Crippen LogP contribution < -0.4 is 10.8 Å². The predicted molar refractivity (Wildman–Crippen MR) is 77.2 cm³/mol. The number of hydrogen-bond acceptors (Lipinski definition) is 4. The first-order valence-electron chi connectivity index (χ1n) is 7.71. The van der Waals surface area contributed by atoms with Crippen molar-refractivity contribution in [2.24, 2.45) is 5.41 Å². The molecule has 1 amide bonds. The summed E-state index contributed by atoms with van der Waals surface area (Å²) in [6, 6.07) is 0.758. The van der Waals surface area contributed by atoms with Gasteiger partial charge in [0.2, 0.25) is 0 Å². The highest BCUT2D eigenvalue weighted by Gasteiger charge is 2.56. The van der Waals surface area contributed by atoms with E-state index in [1.807, 2.05) is 27.7 Å². The number of carbonyl (C=O) groups is 1. The second-order valence-electron chi connectivity index (χ2n) is 7.09. The molecule has 1 unspecified atom stereocenters. The van der Waals surface area contributed by atoms with Gasteiger partial charge in [-0.1, -0.05) is 0 Å². The summed E-state index contributed by atoms with van der Waals surface area (Å²) in [5.41, 5.74) is 3.01. The first-order chi connectivity index (χ1) is 9.35. The molecule has 2 saturated carbocycles. The van der Waals surface area contributed by atoms with Crippen LogP contribution in [0.3, 0.4) is 0 Å². The van der Waals surface area contributed by atoms with Gasteiger partial charge < -0.3 is 14.9 Å². The second kappa shape index (κ2) is 5.90. The summed E-state index contributed by atoms with van der Waals surface area (Å²) in [6.07, 6.45) is 5.34. The number of alkyl carbamates (subject to hydrolysis) is 1. The Hall–Kier alpha value is -0.810. The van der Waals surface area contributed by atoms with Gasteiger partial charge in [0.15, 0.2) is 0 Å². The van der Waals surface area contributed by atoms with Crippen molar-refractivity contribution in [2.45, 2.75) is 77.5 Å². The van der Waals surface area contributed by atoms with E-state index in [1.54, 1.807) is 0 Å². The summed E-state index contributed by atoms with van der Waals surface area (Å²) >= 11 is 0. The van der Waals surface area contributed by atoms with Crippen LogP contribution in [0.1, 0.15) is 59.8 Å². The number of rotatable bonds is 4. The molecule has 5 nitrogen and oxygen atoms in total. The molecule has 0 aromatic carbocycles. The van der Waals surface area contributed by atoms with Gasteiger partial charge in [0.25, 0.3) is 0 Å². The van der Waals surface area contributed by atoms with Crippen LogP contribution >= 0.6 is 0 Å². The maximum absolute atomic E-state index is 11.8. The highest BCUT2D eigenvalue weighted by atomic mass is 16.6. The number of ether oxygens (including phenoxy) is 1. The van der Waals surface area contributed by atoms with E-state index < -0.39 is 5.60 Å². The van der Waals surface area contributed by atoms with Gasteiger partial charge >= 0.3 is 6.09 Å². The van der Waals surface area contributed by atoms with Gasteiger partial charge in [-0.3, -0.25) is 0 Å². The number of hydroxylamine groups is 1. The number of amides is 1. The normalized spacial score (nSPS) is 33.0. The van der Waals surface area contributed by atoms with E-state index in [0.717, 1.165) is 32.1 Å². The van der Waals surface area contributed by atoms with E-state index in [2.05, 4.69) is 10.8 Å². The van der Waals surface area contributed by atoms with Crippen LogP contribution in [0, 0.1) is 5.41 Å². The van der Waals surface area contributed by atoms with Crippen molar-refractivity contribution in [1.82, 2.24) is 10.8 Å². The molecule has 2 N–H and O–H groups in total. The third-order valence-electron chi connectivity index (χ3n) is 4.26. The number of nitrogens with one attached hydrogen (secondary N) is 2. The molecule has 0 heterocycles. The smallest absolute Gasteiger partial charge is 0.407 e. The number of carbonyl (C=O) groups excluding carboxylic acids is 1. The minimum absolute atomic E-state index is 0.283. The van der Waals surface area contributed by atoms with Crippen molar-refractivity contribution in [1.29, 1.82) is 0 Å². The van der Waals surface area contributed by atoms with Gasteiger partial charge in [-0.2, -0.15) is 5.48 Å². The van der Waals surface area contributed by atoms with Crippen molar-refractivity contribution >= 4 is 6.09 Å². The largest absolute Gasteiger partial charge is 0.444 e. The Morgan fingerprint density at radius 3 is 2.50 bits per heavy atom. The predicted octanol–water partition coefficient (Wildman–Crippen LogP) is 2.75. The monoisotopic (exact) mass is 284 g/mol. The SMILES string of the molecule is CCONC1CCC2(CC1)CC2NC(=O)OC(C)(C)C. The molecule has 0 aromatic heterocycles. The van der Waals surface area contributed by atoms with E-state index in [1.165, 1.54) is 0 Å². The molecule has 2 aliphatic rings. The fourth-order valence-corrected chi connectivity index (χ4v) is 3.07. The molecule has 0 saturated heterocycles. The van der Waals surface area contributed by atoms with E-state index in [-0.39, 0.29) is 6.09 Å². The zero-order valence-corrected chi connectivity index (χ0v) is 13.1. The second-order valence-corrected chi connectivity index (χ2v) is 7.09. The summed E-state index contributed by atoms with van der Waals surface area (Å²) in [6.45, 7) is 8.35. The van der Waals surface area contributed by atoms with Crippen molar-refractivity contribution in [3.8, 4) is 0 Å². The molecule has 2 fully saturated rings. The van der Waals surface area contributed by atoms with Crippen molar-refractivity contribution in [3.63, 3.8) is 0 Å². The van der Waals surface area contributed by atoms with E-state index >= 15 is 0 Å². The third-order valence-corrected chi connectivity index (χ3v) is 4.26. The molecule has 2 rings (SSSR count). The standard InChI is InChI=1S/C15H28N2O3/c1-5-19-17-11-6-8-15(9-7-11)10-12(15)16-13(18)20-14(2,3)4/h11-12,17H,5-10H2,1-4H3,(H,16,18). The van der Waals surface area contributed by atoms with Crippen molar-refractivity contribution in [2.75, 3.05) is 6.61 Å². The Balaban J connectivity index is 1.71. The lowest BCUT2D eigenvalue weighted by Crippen LogP contribution is -2.38. The molecule has 0 aromatic rings. The van der Waals surface area contributed by atoms with Crippen LogP contribution in [0.2, 0.25) is 0 Å². The minimum Gasteiger partial charge on any atom is -0.444 e. The average Bonchev–Trinajstić information content (AvgIpc) is 2.98. The Labute approximate surface area is 121 Å². The van der Waals surface area contributed by atoms with E-state index in [9.17, 15) is 4.79 Å². The number of hydrogen-bond donors (Lipinski definition) is 2. The fourth-order valence-electron chi connectivity index (χ4n) is 3.07. The Morgan fingerprint density at radius 1 is 1.30 bits per heavy atom. The Morgan fingerprint density at radius 2 is 1.95 bits per heavy atom. The molecule has 2 aliphatic carbocycles. The van der Waals surface area contributed by atoms with Crippen LogP contribution in [-0.4, -0.2) is 30.4 Å². The lowest BCUT2D eigenvalue weighted by atomic mass is 9.83. The Kier molecular flexibility index (Phi) is 4.59. The molecule has 0 radical (unpaired) electrons. The molecule has 1 atom stereocenters. The maximum Gasteiger partial charge on any atom is 0.407 e. The summed E-state index contributed by atoms with van der Waals surface area (Å²) in [4.78, 5) is 17.0. The van der Waals surface area contributed by atoms with Gasteiger partial charge in [-0.25, -0.2) is 4.79 Å². The molecule has 0 aliphatic heterocycles. The molecule has 5 heteroatoms. The van der Waals surface area contributed by atoms with Gasteiger partial charge in [0.05, 0.1) is 6.61 Å². The molecular formula is C15H28N2O3. The molecule has 116 valence electrons. The summed E-state index contributed by atoms with van der Waals surface area (Å²) in [5, 5.41) is 3.02. The van der Waals surface area contributed by atoms with Crippen LogP contribution in [-0.2, 0) is 9.57 Å². The van der Waals surface area contributed by atoms with E-state index in [4.69, 9.17) is 9.57 Å². The Bertz CT molecular complexity index is 344. The van der Waals surface area contributed by atoms with Crippen LogP contribution in [0.25, 0.3) is 0 Å². The van der Waals surface area contributed by atoms with Crippen molar-refractivity contribution in [3.05, 3.63) is 0 Å². The van der Waals surface area contributed by atoms with Crippen molar-refractivity contribution < 1.29 is 14.4 Å². The highest BCUT2D eigenvalue weighted by molar-refractivity contribution is 5.68. The van der Waals surface area contributed by atoms with Crippen LogP contribution in [0.15, 0.2) is 0 Å². The molecule has 20 heavy (non-hydrogen) atoms. The van der Waals surface area contributed by atoms with Crippen LogP contribution in [0.5, 0.6) is 0 Å². The zero-order valence-electron chi connectivity index (χ0n) is 13.1. The molecule has 1 spiro atoms. The molecule has 0 bridgehead atoms. The quantitative estimate of drug-likeness (QED) is 0.779. The third kappa shape index (κ3) is 4.09. The zero-order chi connectivity index (χ0) is 14.8. The molecular weight excluding hydrogens is 256 g/mol. The average molecular weight is 284 g/mol. The topological polar surface area (TPSA) is 59.6 Å². The summed E-state index contributed by atoms with van der Waals surface area (Å²) < 4.78 is 5.31. The first kappa shape index (κ1) is 15.6. The lowest BCUT2D eigenvalue weighted by molar-refractivity contribution is 0.00886. The van der Waals surface area contributed by atoms with Gasteiger partial charge in [-0.15, -0.1) is 0 Å². The summed E-state index contributed by atoms with van der Waals surface area (Å²) in [5.74, 6) is 0. The van der Waals surface area contributed by atoms with Gasteiger partial charge in [-0.05, 0) is 65.2 Å². The lowest BCUT2D eigenvalue weighted by Gasteiger charge is -2.29. The van der Waals surface area contributed by atoms with E-state index in [0.29, 0.717) is 24.1 Å². The highest BCUT2D eigenvalue weighted by Crippen LogP contribution is 2.56. The van der Waals surface area contributed by atoms with Gasteiger partial charge in [0.1, 0.15) is 5.60 Å². The minimum atomic E-state index is -0.425. The fraction of sp³-hybridized carbons (Fsp3) is 0.933. The maximum atomic E-state index is 11.8. The summed E-state index contributed by atoms with van der Waals surface area (Å²) in [7, 11) is 0.